The lowest BCUT2D eigenvalue weighted by Crippen LogP contribution is -2.25. The van der Waals surface area contributed by atoms with Gasteiger partial charge in [0.2, 0.25) is 0 Å². The van der Waals surface area contributed by atoms with Crippen LogP contribution in [0.3, 0.4) is 0 Å². The van der Waals surface area contributed by atoms with E-state index in [9.17, 15) is 29.7 Å². The fourth-order valence-corrected chi connectivity index (χ4v) is 6.87. The van der Waals surface area contributed by atoms with Crippen molar-refractivity contribution in [2.75, 3.05) is 13.2 Å². The van der Waals surface area contributed by atoms with Gasteiger partial charge in [0.25, 0.3) is 0 Å². The maximum Gasteiger partial charge on any atom is 0.305 e. The highest BCUT2D eigenvalue weighted by molar-refractivity contribution is 5.86. The number of rotatable bonds is 34. The molecule has 3 N–H and O–H groups in total. The molecule has 1 saturated carbocycles. The first kappa shape index (κ1) is 48.0. The van der Waals surface area contributed by atoms with E-state index in [1.165, 1.54) is 83.5 Å². The summed E-state index contributed by atoms with van der Waals surface area (Å²) >= 11 is 0. The molecule has 8 heteroatoms. The number of esters is 2. The molecule has 1 aliphatic rings. The van der Waals surface area contributed by atoms with E-state index < -0.39 is 30.2 Å². The molecule has 0 heterocycles. The molecule has 52 heavy (non-hydrogen) atoms. The standard InChI is InChI=1S/C44H78O8/c1-4-6-21-27-37(45)31-32-40-39(41(47)33-42(40)48)28-23-19-20-25-30-44(50)52-35-38(46)34-51-43(49)29-24-18-16-14-12-10-8-7-9-11-13-15-17-22-26-36(3)5-2/h19,23,31-32,36-41,45-47H,4-18,20-22,24-30,33-35H2,1-3H3/b23-19-,32-31+/t36?,37-,38-,39+,40+,41-/m0/s1. The number of ketones is 1. The number of allylic oxidation sites excluding steroid dienone is 3. The number of ether oxygens (including phenoxy) is 2. The van der Waals surface area contributed by atoms with Crippen molar-refractivity contribution in [1.82, 2.24) is 0 Å². The van der Waals surface area contributed by atoms with Crippen LogP contribution in [0.2, 0.25) is 0 Å². The van der Waals surface area contributed by atoms with Crippen LogP contribution in [0.25, 0.3) is 0 Å². The number of Topliss-reactive ketones (excluding diaryl/α,β-unsaturated/α-hetero) is 1. The van der Waals surface area contributed by atoms with Crippen molar-refractivity contribution in [3.63, 3.8) is 0 Å². The summed E-state index contributed by atoms with van der Waals surface area (Å²) in [6, 6.07) is 0. The van der Waals surface area contributed by atoms with Gasteiger partial charge in [-0.1, -0.05) is 161 Å². The van der Waals surface area contributed by atoms with Gasteiger partial charge in [0.05, 0.1) is 12.2 Å². The van der Waals surface area contributed by atoms with Crippen molar-refractivity contribution in [2.45, 2.75) is 206 Å². The summed E-state index contributed by atoms with van der Waals surface area (Å²) in [4.78, 5) is 36.5. The van der Waals surface area contributed by atoms with Gasteiger partial charge in [-0.2, -0.15) is 0 Å². The third-order valence-electron chi connectivity index (χ3n) is 10.6. The topological polar surface area (TPSA) is 130 Å². The quantitative estimate of drug-likeness (QED) is 0.0338. The van der Waals surface area contributed by atoms with Crippen molar-refractivity contribution in [3.8, 4) is 0 Å². The fraction of sp³-hybridized carbons (Fsp3) is 0.841. The van der Waals surface area contributed by atoms with Crippen LogP contribution in [0, 0.1) is 17.8 Å². The molecule has 0 amide bonds. The van der Waals surface area contributed by atoms with Crippen molar-refractivity contribution < 1.29 is 39.2 Å². The van der Waals surface area contributed by atoms with Crippen LogP contribution in [0.1, 0.15) is 188 Å². The summed E-state index contributed by atoms with van der Waals surface area (Å²) in [6.45, 7) is 6.36. The van der Waals surface area contributed by atoms with Gasteiger partial charge in [0, 0.05) is 31.1 Å². The molecule has 0 aromatic carbocycles. The van der Waals surface area contributed by atoms with Crippen LogP contribution in [-0.4, -0.2) is 64.6 Å². The average Bonchev–Trinajstić information content (AvgIpc) is 3.40. The molecular weight excluding hydrogens is 656 g/mol. The largest absolute Gasteiger partial charge is 0.463 e. The zero-order valence-corrected chi connectivity index (χ0v) is 33.5. The number of hydrogen-bond acceptors (Lipinski definition) is 8. The van der Waals surface area contributed by atoms with Gasteiger partial charge < -0.3 is 24.8 Å². The minimum Gasteiger partial charge on any atom is -0.463 e. The minimum absolute atomic E-state index is 0.00281. The summed E-state index contributed by atoms with van der Waals surface area (Å²) in [5.74, 6) is -0.468. The summed E-state index contributed by atoms with van der Waals surface area (Å²) in [5, 5.41) is 30.6. The molecule has 0 bridgehead atoms. The van der Waals surface area contributed by atoms with E-state index in [0.29, 0.717) is 32.1 Å². The van der Waals surface area contributed by atoms with E-state index in [-0.39, 0.29) is 43.7 Å². The van der Waals surface area contributed by atoms with Gasteiger partial charge >= 0.3 is 11.9 Å². The predicted octanol–water partition coefficient (Wildman–Crippen LogP) is 9.90. The first-order valence-corrected chi connectivity index (χ1v) is 21.4. The van der Waals surface area contributed by atoms with Crippen LogP contribution >= 0.6 is 0 Å². The number of aliphatic hydroxyl groups excluding tert-OH is 3. The maximum atomic E-state index is 12.4. The normalized spacial score (nSPS) is 19.4. The molecule has 0 radical (unpaired) electrons. The molecule has 302 valence electrons. The molecule has 1 rings (SSSR count). The number of carbonyl (C=O) groups excluding carboxylic acids is 3. The van der Waals surface area contributed by atoms with Gasteiger partial charge in [0.1, 0.15) is 25.1 Å². The zero-order valence-electron chi connectivity index (χ0n) is 33.5. The lowest BCUT2D eigenvalue weighted by molar-refractivity contribution is -0.152. The molecule has 8 nitrogen and oxygen atoms in total. The van der Waals surface area contributed by atoms with Gasteiger partial charge in [-0.25, -0.2) is 0 Å². The number of carbonyl (C=O) groups is 3. The summed E-state index contributed by atoms with van der Waals surface area (Å²) in [7, 11) is 0. The van der Waals surface area contributed by atoms with E-state index in [4.69, 9.17) is 9.47 Å². The predicted molar refractivity (Wildman–Crippen MR) is 211 cm³/mol. The Labute approximate surface area is 317 Å². The van der Waals surface area contributed by atoms with Gasteiger partial charge in [-0.05, 0) is 38.0 Å². The van der Waals surface area contributed by atoms with Crippen molar-refractivity contribution in [3.05, 3.63) is 24.3 Å². The molecule has 6 atom stereocenters. The second kappa shape index (κ2) is 32.4. The van der Waals surface area contributed by atoms with E-state index in [0.717, 1.165) is 44.4 Å². The fourth-order valence-electron chi connectivity index (χ4n) is 6.87. The van der Waals surface area contributed by atoms with Gasteiger partial charge in [-0.3, -0.25) is 14.4 Å². The lowest BCUT2D eigenvalue weighted by Gasteiger charge is -2.17. The van der Waals surface area contributed by atoms with Crippen LogP contribution in [0.5, 0.6) is 0 Å². The third-order valence-corrected chi connectivity index (χ3v) is 10.6. The molecular formula is C44H78O8. The van der Waals surface area contributed by atoms with Gasteiger partial charge in [-0.15, -0.1) is 0 Å². The Morgan fingerprint density at radius 2 is 1.25 bits per heavy atom. The van der Waals surface area contributed by atoms with Gasteiger partial charge in [0.15, 0.2) is 0 Å². The molecule has 0 aromatic heterocycles. The van der Waals surface area contributed by atoms with E-state index >= 15 is 0 Å². The Morgan fingerprint density at radius 3 is 1.81 bits per heavy atom. The molecule has 0 spiro atoms. The Balaban J connectivity index is 2.00. The second-order valence-electron chi connectivity index (χ2n) is 15.5. The number of aliphatic hydroxyl groups is 3. The van der Waals surface area contributed by atoms with Crippen LogP contribution in [0.4, 0.5) is 0 Å². The molecule has 1 unspecified atom stereocenters. The summed E-state index contributed by atoms with van der Waals surface area (Å²) in [6.07, 6.45) is 31.7. The second-order valence-corrected chi connectivity index (χ2v) is 15.5. The monoisotopic (exact) mass is 735 g/mol. The first-order valence-electron chi connectivity index (χ1n) is 21.4. The van der Waals surface area contributed by atoms with Crippen molar-refractivity contribution >= 4 is 17.7 Å². The Morgan fingerprint density at radius 1 is 0.731 bits per heavy atom. The summed E-state index contributed by atoms with van der Waals surface area (Å²) in [5.41, 5.74) is 0. The van der Waals surface area contributed by atoms with Crippen molar-refractivity contribution in [1.29, 1.82) is 0 Å². The average molecular weight is 735 g/mol. The lowest BCUT2D eigenvalue weighted by atomic mass is 9.90. The highest BCUT2D eigenvalue weighted by Gasteiger charge is 2.39. The molecule has 0 aromatic rings. The Kier molecular flexibility index (Phi) is 29.9. The molecule has 1 fully saturated rings. The van der Waals surface area contributed by atoms with Crippen LogP contribution in [-0.2, 0) is 23.9 Å². The highest BCUT2D eigenvalue weighted by atomic mass is 16.6. The van der Waals surface area contributed by atoms with E-state index in [1.807, 2.05) is 12.2 Å². The van der Waals surface area contributed by atoms with E-state index in [1.54, 1.807) is 12.2 Å². The van der Waals surface area contributed by atoms with Crippen LogP contribution < -0.4 is 0 Å². The highest BCUT2D eigenvalue weighted by Crippen LogP contribution is 2.33. The molecule has 0 saturated heterocycles. The van der Waals surface area contributed by atoms with Crippen LogP contribution in [0.15, 0.2) is 24.3 Å². The first-order chi connectivity index (χ1) is 25.2. The zero-order chi connectivity index (χ0) is 38.2. The SMILES string of the molecule is CCCCC[C@H](O)/C=C/[C@H]1C(=O)C[C@H](O)[C@@H]1C/C=C\CCCC(=O)OC[C@@H](O)COC(=O)CCCCCCCCCCCCCCCCC(C)CC. The molecule has 1 aliphatic carbocycles. The maximum absolute atomic E-state index is 12.4. The Bertz CT molecular complexity index is 962. The van der Waals surface area contributed by atoms with E-state index in [2.05, 4.69) is 20.8 Å². The Hall–Kier alpha value is -2.03. The van der Waals surface area contributed by atoms with Crippen molar-refractivity contribution in [2.24, 2.45) is 17.8 Å². The minimum atomic E-state index is -1.05. The molecule has 0 aliphatic heterocycles. The smallest absolute Gasteiger partial charge is 0.305 e. The number of hydrogen-bond donors (Lipinski definition) is 3. The summed E-state index contributed by atoms with van der Waals surface area (Å²) < 4.78 is 10.3. The number of unbranched alkanes of at least 4 members (excludes halogenated alkanes) is 16. The third kappa shape index (κ3) is 25.9.